The van der Waals surface area contributed by atoms with Crippen molar-refractivity contribution >= 4 is 34.2 Å². The number of benzene rings is 2. The summed E-state index contributed by atoms with van der Waals surface area (Å²) in [5.74, 6) is -0.967. The second-order valence-electron chi connectivity index (χ2n) is 6.39. The molecular weight excluding hydrogens is 411 g/mol. The van der Waals surface area contributed by atoms with E-state index in [1.54, 1.807) is 12.1 Å². The second-order valence-corrected chi connectivity index (χ2v) is 6.79. The number of halogens is 4. The summed E-state index contributed by atoms with van der Waals surface area (Å²) < 4.78 is 52.1. The van der Waals surface area contributed by atoms with Crippen molar-refractivity contribution in [3.63, 3.8) is 0 Å². The number of rotatable bonds is 3. The third-order valence-corrected chi connectivity index (χ3v) is 4.63. The number of nitrogens with one attached hydrogen (secondary N) is 1. The van der Waals surface area contributed by atoms with Gasteiger partial charge in [0.05, 0.1) is 35.0 Å². The number of alkyl halides is 3. The van der Waals surface area contributed by atoms with E-state index in [4.69, 9.17) is 21.1 Å². The highest BCUT2D eigenvalue weighted by Gasteiger charge is 2.38. The van der Waals surface area contributed by atoms with Crippen LogP contribution in [-0.2, 0) is 17.5 Å². The zero-order valence-electron chi connectivity index (χ0n) is 14.9. The molecule has 1 aliphatic heterocycles. The first-order valence-corrected chi connectivity index (χ1v) is 9.12. The van der Waals surface area contributed by atoms with Crippen LogP contribution in [0.4, 0.5) is 18.9 Å². The molecule has 3 aromatic rings. The third kappa shape index (κ3) is 3.95. The number of ether oxygens (including phenoxy) is 2. The average molecular weight is 426 g/mol. The van der Waals surface area contributed by atoms with Crippen LogP contribution in [0.1, 0.15) is 12.2 Å². The molecule has 0 atom stereocenters. The van der Waals surface area contributed by atoms with E-state index in [1.165, 1.54) is 24.3 Å². The number of amides is 1. The van der Waals surface area contributed by atoms with Gasteiger partial charge in [0.1, 0.15) is 6.54 Å². The summed E-state index contributed by atoms with van der Waals surface area (Å²) in [7, 11) is 0. The van der Waals surface area contributed by atoms with Crippen molar-refractivity contribution in [3.8, 4) is 11.5 Å². The van der Waals surface area contributed by atoms with Crippen molar-refractivity contribution in [2.24, 2.45) is 0 Å². The fourth-order valence-electron chi connectivity index (χ4n) is 3.07. The first-order valence-electron chi connectivity index (χ1n) is 8.74. The van der Waals surface area contributed by atoms with Crippen molar-refractivity contribution in [2.45, 2.75) is 19.1 Å². The minimum atomic E-state index is -4.70. The first kappa shape index (κ1) is 19.4. The molecule has 152 valence electrons. The van der Waals surface area contributed by atoms with E-state index < -0.39 is 24.5 Å². The summed E-state index contributed by atoms with van der Waals surface area (Å²) in [4.78, 5) is 16.2. The van der Waals surface area contributed by atoms with Crippen molar-refractivity contribution < 1.29 is 27.4 Å². The number of aromatic nitrogens is 2. The van der Waals surface area contributed by atoms with Crippen molar-refractivity contribution in [1.29, 1.82) is 0 Å². The van der Waals surface area contributed by atoms with Gasteiger partial charge in [0.15, 0.2) is 11.5 Å². The standard InChI is InChI=1S/C19H15ClF3N3O3/c20-11-8-15-16(29-7-3-6-28-15)9-13(11)24-17(27)10-26-14-5-2-1-4-12(14)25-18(26)19(21,22)23/h1-2,4-5,8-9H,3,6-7,10H2,(H,24,27). The Bertz CT molecular complexity index is 1080. The van der Waals surface area contributed by atoms with Gasteiger partial charge in [0.2, 0.25) is 11.7 Å². The van der Waals surface area contributed by atoms with E-state index in [1.807, 2.05) is 0 Å². The lowest BCUT2D eigenvalue weighted by molar-refractivity contribution is -0.147. The Morgan fingerprint density at radius 3 is 2.59 bits per heavy atom. The van der Waals surface area contributed by atoms with E-state index in [0.717, 1.165) is 4.57 Å². The molecule has 1 N–H and O–H groups in total. The van der Waals surface area contributed by atoms with Crippen LogP contribution in [0.15, 0.2) is 36.4 Å². The monoisotopic (exact) mass is 425 g/mol. The van der Waals surface area contributed by atoms with Crippen LogP contribution in [0, 0.1) is 0 Å². The number of imidazole rings is 1. The van der Waals surface area contributed by atoms with Crippen LogP contribution in [0.25, 0.3) is 11.0 Å². The number of hydrogen-bond donors (Lipinski definition) is 1. The maximum Gasteiger partial charge on any atom is 0.449 e. The van der Waals surface area contributed by atoms with Gasteiger partial charge in [-0.3, -0.25) is 4.79 Å². The Kier molecular flexibility index (Phi) is 4.99. The highest BCUT2D eigenvalue weighted by molar-refractivity contribution is 6.34. The molecule has 6 nitrogen and oxygen atoms in total. The summed E-state index contributed by atoms with van der Waals surface area (Å²) in [5.41, 5.74) is 0.583. The second kappa shape index (κ2) is 7.47. The molecule has 0 spiro atoms. The molecule has 2 aromatic carbocycles. The fraction of sp³-hybridized carbons (Fsp3) is 0.263. The SMILES string of the molecule is O=C(Cn1c(C(F)(F)F)nc2ccccc21)Nc1cc2c(cc1Cl)OCCCO2. The molecule has 0 saturated heterocycles. The molecule has 0 unspecified atom stereocenters. The van der Waals surface area contributed by atoms with Crippen LogP contribution in [0.2, 0.25) is 5.02 Å². The van der Waals surface area contributed by atoms with Gasteiger partial charge in [-0.25, -0.2) is 4.98 Å². The van der Waals surface area contributed by atoms with E-state index in [2.05, 4.69) is 10.3 Å². The van der Waals surface area contributed by atoms with Crippen molar-refractivity contribution in [3.05, 3.63) is 47.2 Å². The van der Waals surface area contributed by atoms with Crippen molar-refractivity contribution in [2.75, 3.05) is 18.5 Å². The molecule has 4 rings (SSSR count). The van der Waals surface area contributed by atoms with Crippen LogP contribution in [0.5, 0.6) is 11.5 Å². The smallest absolute Gasteiger partial charge is 0.449 e. The van der Waals surface area contributed by atoms with Crippen LogP contribution < -0.4 is 14.8 Å². The average Bonchev–Trinajstić information content (AvgIpc) is 2.88. The molecule has 0 radical (unpaired) electrons. The highest BCUT2D eigenvalue weighted by Crippen LogP contribution is 2.38. The molecule has 0 saturated carbocycles. The summed E-state index contributed by atoms with van der Waals surface area (Å²) in [6.07, 6.45) is -4.01. The number of fused-ring (bicyclic) bond motifs is 2. The predicted octanol–water partition coefficient (Wildman–Crippen LogP) is 4.51. The van der Waals surface area contributed by atoms with Crippen LogP contribution in [0.3, 0.4) is 0 Å². The van der Waals surface area contributed by atoms with Gasteiger partial charge in [-0.05, 0) is 12.1 Å². The van der Waals surface area contributed by atoms with Crippen LogP contribution >= 0.6 is 11.6 Å². The Hall–Kier alpha value is -2.94. The van der Waals surface area contributed by atoms with Crippen LogP contribution in [-0.4, -0.2) is 28.7 Å². The Balaban J connectivity index is 1.62. The minimum absolute atomic E-state index is 0.154. The Morgan fingerprint density at radius 1 is 1.17 bits per heavy atom. The molecule has 2 heterocycles. The summed E-state index contributed by atoms with van der Waals surface area (Å²) >= 11 is 6.19. The van der Waals surface area contributed by atoms with Gasteiger partial charge in [-0.15, -0.1) is 0 Å². The maximum absolute atomic E-state index is 13.4. The molecule has 29 heavy (non-hydrogen) atoms. The molecule has 10 heteroatoms. The highest BCUT2D eigenvalue weighted by atomic mass is 35.5. The molecule has 0 bridgehead atoms. The molecule has 0 fully saturated rings. The zero-order chi connectivity index (χ0) is 20.6. The molecule has 1 aromatic heterocycles. The number of anilines is 1. The summed E-state index contributed by atoms with van der Waals surface area (Å²) in [6, 6.07) is 9.10. The first-order chi connectivity index (χ1) is 13.8. The third-order valence-electron chi connectivity index (χ3n) is 4.32. The van der Waals surface area contributed by atoms with Gasteiger partial charge in [0, 0.05) is 18.6 Å². The van der Waals surface area contributed by atoms with E-state index in [9.17, 15) is 18.0 Å². The lowest BCUT2D eigenvalue weighted by atomic mass is 10.2. The van der Waals surface area contributed by atoms with Gasteiger partial charge in [0.25, 0.3) is 0 Å². The maximum atomic E-state index is 13.4. The van der Waals surface area contributed by atoms with Crippen molar-refractivity contribution in [1.82, 2.24) is 9.55 Å². The molecule has 0 aliphatic carbocycles. The zero-order valence-corrected chi connectivity index (χ0v) is 15.7. The summed E-state index contributed by atoms with van der Waals surface area (Å²) in [6.45, 7) is 0.334. The van der Waals surface area contributed by atoms with Gasteiger partial charge in [-0.1, -0.05) is 23.7 Å². The number of carbonyl (C=O) groups is 1. The van der Waals surface area contributed by atoms with E-state index >= 15 is 0 Å². The lowest BCUT2D eigenvalue weighted by Gasteiger charge is -2.14. The van der Waals surface area contributed by atoms with E-state index in [-0.39, 0.29) is 21.7 Å². The summed E-state index contributed by atoms with van der Waals surface area (Å²) in [5, 5.41) is 2.73. The minimum Gasteiger partial charge on any atom is -0.490 e. The predicted molar refractivity (Wildman–Crippen MR) is 100 cm³/mol. The number of hydrogen-bond acceptors (Lipinski definition) is 4. The number of nitrogens with zero attached hydrogens (tertiary/aromatic N) is 2. The number of para-hydroxylation sites is 2. The Labute approximate surface area is 168 Å². The lowest BCUT2D eigenvalue weighted by Crippen LogP contribution is -2.23. The molecular formula is C19H15ClF3N3O3. The Morgan fingerprint density at radius 2 is 1.86 bits per heavy atom. The quantitative estimate of drug-likeness (QED) is 0.670. The molecule has 1 aliphatic rings. The van der Waals surface area contributed by atoms with Gasteiger partial charge >= 0.3 is 6.18 Å². The molecule has 1 amide bonds. The topological polar surface area (TPSA) is 65.4 Å². The number of carbonyl (C=O) groups excluding carboxylic acids is 1. The largest absolute Gasteiger partial charge is 0.490 e. The van der Waals surface area contributed by atoms with Gasteiger partial charge in [-0.2, -0.15) is 13.2 Å². The van der Waals surface area contributed by atoms with Gasteiger partial charge < -0.3 is 19.4 Å². The van der Waals surface area contributed by atoms with E-state index in [0.29, 0.717) is 31.1 Å². The normalized spacial score (nSPS) is 13.9. The fourth-order valence-corrected chi connectivity index (χ4v) is 3.27.